The Morgan fingerprint density at radius 2 is 1.48 bits per heavy atom. The van der Waals surface area contributed by atoms with Crippen molar-refractivity contribution in [3.63, 3.8) is 0 Å². The average molecular weight is 598 g/mol. The molecule has 2 aliphatic rings. The second kappa shape index (κ2) is 15.0. The Morgan fingerprint density at radius 1 is 0.841 bits per heavy atom. The van der Waals surface area contributed by atoms with Crippen molar-refractivity contribution in [2.24, 2.45) is 11.7 Å². The number of likely N-dealkylation sites (N-methyl/N-ethyl adjacent to an activating group) is 1. The molecule has 9 nitrogen and oxygen atoms in total. The van der Waals surface area contributed by atoms with Crippen LogP contribution in [0.3, 0.4) is 0 Å². The fourth-order valence-electron chi connectivity index (χ4n) is 6.00. The van der Waals surface area contributed by atoms with Gasteiger partial charge in [0.15, 0.2) is 0 Å². The van der Waals surface area contributed by atoms with Gasteiger partial charge in [0.2, 0.25) is 5.91 Å². The zero-order valence-corrected chi connectivity index (χ0v) is 25.5. The number of piperidine rings is 2. The third-order valence-corrected chi connectivity index (χ3v) is 8.75. The molecule has 3 aromatic rings. The molecule has 0 bridgehead atoms. The highest BCUT2D eigenvalue weighted by molar-refractivity contribution is 5.94. The molecule has 0 unspecified atom stereocenters. The number of amides is 3. The molecular weight excluding hydrogens is 554 g/mol. The number of hydrogen-bond acceptors (Lipinski definition) is 6. The molecule has 44 heavy (non-hydrogen) atoms. The summed E-state index contributed by atoms with van der Waals surface area (Å²) in [5.74, 6) is -0.205. The van der Waals surface area contributed by atoms with Crippen molar-refractivity contribution in [2.45, 2.75) is 38.3 Å². The molecule has 9 heteroatoms. The zero-order valence-electron chi connectivity index (χ0n) is 25.5. The van der Waals surface area contributed by atoms with E-state index in [1.165, 1.54) is 0 Å². The number of hydrogen-bond donors (Lipinski definition) is 2. The molecule has 0 aliphatic carbocycles. The van der Waals surface area contributed by atoms with Crippen molar-refractivity contribution in [2.75, 3.05) is 51.6 Å². The van der Waals surface area contributed by atoms with E-state index >= 15 is 0 Å². The van der Waals surface area contributed by atoms with E-state index in [0.717, 1.165) is 87.3 Å². The van der Waals surface area contributed by atoms with Crippen molar-refractivity contribution in [1.82, 2.24) is 14.7 Å². The second-order valence-corrected chi connectivity index (χ2v) is 11.9. The number of carbonyl (C=O) groups excluding carboxylic acids is 3. The van der Waals surface area contributed by atoms with Crippen LogP contribution >= 0.6 is 0 Å². The van der Waals surface area contributed by atoms with Crippen LogP contribution in [-0.4, -0.2) is 85.0 Å². The summed E-state index contributed by atoms with van der Waals surface area (Å²) in [7, 11) is 1.84. The first kappa shape index (κ1) is 31.2. The van der Waals surface area contributed by atoms with Gasteiger partial charge in [0, 0.05) is 56.8 Å². The number of anilines is 1. The Balaban J connectivity index is 1.01. The van der Waals surface area contributed by atoms with Gasteiger partial charge in [-0.2, -0.15) is 0 Å². The maximum Gasteiger partial charge on any atom is 0.411 e. The van der Waals surface area contributed by atoms with Gasteiger partial charge in [0.05, 0.1) is 5.69 Å². The predicted molar refractivity (Wildman–Crippen MR) is 172 cm³/mol. The lowest BCUT2D eigenvalue weighted by Gasteiger charge is -2.32. The normalized spacial score (nSPS) is 16.8. The number of primary amides is 1. The Labute approximate surface area is 260 Å². The quantitative estimate of drug-likeness (QED) is 0.347. The van der Waals surface area contributed by atoms with E-state index in [0.29, 0.717) is 12.1 Å². The van der Waals surface area contributed by atoms with Crippen LogP contribution in [0.25, 0.3) is 11.1 Å². The van der Waals surface area contributed by atoms with E-state index in [9.17, 15) is 14.4 Å². The summed E-state index contributed by atoms with van der Waals surface area (Å²) in [5.41, 5.74) is 9.99. The number of nitrogens with zero attached hydrogens (tertiary/aromatic N) is 3. The van der Waals surface area contributed by atoms with Crippen molar-refractivity contribution >= 4 is 23.6 Å². The molecule has 232 valence electrons. The third kappa shape index (κ3) is 8.45. The smallest absolute Gasteiger partial charge is 0.411 e. The summed E-state index contributed by atoms with van der Waals surface area (Å²) < 4.78 is 5.76. The molecular formula is C35H43N5O4. The molecule has 3 amide bonds. The van der Waals surface area contributed by atoms with Crippen LogP contribution < -0.4 is 11.1 Å². The second-order valence-electron chi connectivity index (χ2n) is 11.9. The van der Waals surface area contributed by atoms with Crippen LogP contribution in [-0.2, 0) is 16.1 Å². The molecule has 5 rings (SSSR count). The summed E-state index contributed by atoms with van der Waals surface area (Å²) in [5, 5.41) is 2.93. The molecule has 2 saturated heterocycles. The first-order valence-electron chi connectivity index (χ1n) is 15.6. The number of nitrogens with two attached hydrogens (primary N) is 1. The van der Waals surface area contributed by atoms with Gasteiger partial charge >= 0.3 is 6.09 Å². The number of nitrogens with one attached hydrogen (secondary N) is 1. The predicted octanol–water partition coefficient (Wildman–Crippen LogP) is 4.84. The lowest BCUT2D eigenvalue weighted by atomic mass is 9.96. The molecule has 2 aliphatic heterocycles. The Bertz CT molecular complexity index is 1400. The van der Waals surface area contributed by atoms with Crippen LogP contribution in [0.2, 0.25) is 0 Å². The van der Waals surface area contributed by atoms with E-state index in [1.807, 2.05) is 85.9 Å². The molecule has 0 saturated carbocycles. The minimum atomic E-state index is -0.434. The first-order valence-corrected chi connectivity index (χ1v) is 15.6. The molecule has 0 radical (unpaired) electrons. The SMILES string of the molecule is CN(CCN1CCC(OC(=O)Nc2ccccc2-c2ccccc2)CC1)C(=O)c1ccc(CN2CCC(C(N)=O)CC2)cc1. The van der Waals surface area contributed by atoms with Crippen molar-refractivity contribution in [1.29, 1.82) is 0 Å². The van der Waals surface area contributed by atoms with Crippen LogP contribution in [0.15, 0.2) is 78.9 Å². The largest absolute Gasteiger partial charge is 0.446 e. The fraction of sp³-hybridized carbons (Fsp3) is 0.400. The van der Waals surface area contributed by atoms with Crippen LogP contribution in [0.1, 0.15) is 41.6 Å². The number of para-hydroxylation sites is 1. The van der Waals surface area contributed by atoms with Crippen molar-refractivity contribution < 1.29 is 19.1 Å². The molecule has 3 N–H and O–H groups in total. The average Bonchev–Trinajstić information content (AvgIpc) is 3.05. The highest BCUT2D eigenvalue weighted by Gasteiger charge is 2.25. The van der Waals surface area contributed by atoms with Gasteiger partial charge in [0.25, 0.3) is 5.91 Å². The Morgan fingerprint density at radius 3 is 2.16 bits per heavy atom. The van der Waals surface area contributed by atoms with Crippen molar-refractivity contribution in [3.05, 3.63) is 90.0 Å². The van der Waals surface area contributed by atoms with Gasteiger partial charge in [-0.15, -0.1) is 0 Å². The summed E-state index contributed by atoms with van der Waals surface area (Å²) in [6.07, 6.45) is 2.56. The molecule has 2 heterocycles. The van der Waals surface area contributed by atoms with E-state index in [-0.39, 0.29) is 23.8 Å². The summed E-state index contributed by atoms with van der Waals surface area (Å²) in [4.78, 5) is 43.6. The summed E-state index contributed by atoms with van der Waals surface area (Å²) in [6.45, 7) is 5.53. The number of benzene rings is 3. The summed E-state index contributed by atoms with van der Waals surface area (Å²) in [6, 6.07) is 25.5. The van der Waals surface area contributed by atoms with Crippen LogP contribution in [0.5, 0.6) is 0 Å². The van der Waals surface area contributed by atoms with Gasteiger partial charge in [-0.05, 0) is 68.1 Å². The van der Waals surface area contributed by atoms with Crippen molar-refractivity contribution in [3.8, 4) is 11.1 Å². The number of carbonyl (C=O) groups is 3. The maximum absolute atomic E-state index is 13.0. The lowest BCUT2D eigenvalue weighted by molar-refractivity contribution is -0.123. The molecule has 0 aromatic heterocycles. The van der Waals surface area contributed by atoms with E-state index in [4.69, 9.17) is 10.5 Å². The topological polar surface area (TPSA) is 108 Å². The summed E-state index contributed by atoms with van der Waals surface area (Å²) >= 11 is 0. The Kier molecular flexibility index (Phi) is 10.6. The number of likely N-dealkylation sites (tertiary alicyclic amines) is 2. The van der Waals surface area contributed by atoms with E-state index in [1.54, 1.807) is 4.90 Å². The maximum atomic E-state index is 13.0. The number of rotatable bonds is 10. The highest BCUT2D eigenvalue weighted by atomic mass is 16.6. The Hall–Kier alpha value is -4.21. The molecule has 0 atom stereocenters. The van der Waals surface area contributed by atoms with E-state index < -0.39 is 6.09 Å². The minimum Gasteiger partial charge on any atom is -0.446 e. The fourth-order valence-corrected chi connectivity index (χ4v) is 6.00. The van der Waals surface area contributed by atoms with E-state index in [2.05, 4.69) is 15.1 Å². The van der Waals surface area contributed by atoms with Gasteiger partial charge in [-0.25, -0.2) is 4.79 Å². The molecule has 3 aromatic carbocycles. The van der Waals surface area contributed by atoms with Crippen LogP contribution in [0.4, 0.5) is 10.5 Å². The van der Waals surface area contributed by atoms with Gasteiger partial charge < -0.3 is 20.3 Å². The lowest BCUT2D eigenvalue weighted by Crippen LogP contribution is -2.42. The molecule has 0 spiro atoms. The minimum absolute atomic E-state index is 0.00416. The van der Waals surface area contributed by atoms with Gasteiger partial charge in [0.1, 0.15) is 6.10 Å². The van der Waals surface area contributed by atoms with Gasteiger partial charge in [-0.1, -0.05) is 60.7 Å². The molecule has 2 fully saturated rings. The number of ether oxygens (including phenoxy) is 1. The monoisotopic (exact) mass is 597 g/mol. The highest BCUT2D eigenvalue weighted by Crippen LogP contribution is 2.28. The third-order valence-electron chi connectivity index (χ3n) is 8.75. The standard InChI is InChI=1S/C35H43N5O4/c1-38(34(42)29-13-11-26(12-14-29)25-40-19-15-28(16-20-40)33(36)41)23-24-39-21-17-30(18-22-39)44-35(43)37-32-10-6-5-9-31(32)27-7-3-2-4-8-27/h2-14,28,30H,15-25H2,1H3,(H2,36,41)(H,37,43). The van der Waals surface area contributed by atoms with Crippen LogP contribution in [0, 0.1) is 5.92 Å². The van der Waals surface area contributed by atoms with Gasteiger partial charge in [-0.3, -0.25) is 19.8 Å². The zero-order chi connectivity index (χ0) is 30.9. The first-order chi connectivity index (χ1) is 21.4.